The monoisotopic (exact) mass is 449 g/mol. The van der Waals surface area contributed by atoms with Gasteiger partial charge in [0.25, 0.3) is 0 Å². The molecule has 1 aromatic carbocycles. The number of thiophene rings is 1. The van der Waals surface area contributed by atoms with E-state index in [1.54, 1.807) is 35.6 Å². The van der Waals surface area contributed by atoms with Crippen molar-refractivity contribution in [2.24, 2.45) is 0 Å². The van der Waals surface area contributed by atoms with Crippen LogP contribution in [0, 0.1) is 0 Å². The van der Waals surface area contributed by atoms with Gasteiger partial charge in [0.05, 0.1) is 24.2 Å². The molecule has 9 heteroatoms. The molecule has 1 amide bonds. The SMILES string of the molecule is C[C@H](C(=O)Nc1ccc(S(=O)(=O)N2CCOCC2)cc1)N1CCC[C@@H]1c1ccsc1. The maximum absolute atomic E-state index is 12.9. The molecule has 2 fully saturated rings. The zero-order valence-electron chi connectivity index (χ0n) is 17.0. The number of sulfonamides is 1. The number of carbonyl (C=O) groups excluding carboxylic acids is 1. The molecule has 162 valence electrons. The minimum absolute atomic E-state index is 0.0825. The lowest BCUT2D eigenvalue weighted by Gasteiger charge is -2.29. The predicted octanol–water partition coefficient (Wildman–Crippen LogP) is 2.93. The molecule has 2 aliphatic heterocycles. The first-order valence-corrected chi connectivity index (χ1v) is 12.6. The highest BCUT2D eigenvalue weighted by atomic mass is 32.2. The Morgan fingerprint density at radius 2 is 1.90 bits per heavy atom. The number of carbonyl (C=O) groups is 1. The number of morpholine rings is 1. The van der Waals surface area contributed by atoms with Crippen molar-refractivity contribution >= 4 is 33.0 Å². The molecule has 0 aliphatic carbocycles. The molecule has 2 atom stereocenters. The number of benzene rings is 1. The molecule has 0 bridgehead atoms. The van der Waals surface area contributed by atoms with Gasteiger partial charge >= 0.3 is 0 Å². The molecular formula is C21H27N3O4S2. The highest BCUT2D eigenvalue weighted by Crippen LogP contribution is 2.34. The molecule has 4 rings (SSSR count). The Morgan fingerprint density at radius 3 is 2.57 bits per heavy atom. The number of likely N-dealkylation sites (tertiary alicyclic amines) is 1. The van der Waals surface area contributed by atoms with Crippen LogP contribution in [0.15, 0.2) is 46.0 Å². The van der Waals surface area contributed by atoms with E-state index in [-0.39, 0.29) is 22.9 Å². The number of hydrogen-bond donors (Lipinski definition) is 1. The molecule has 2 aliphatic rings. The van der Waals surface area contributed by atoms with E-state index < -0.39 is 10.0 Å². The Hall–Kier alpha value is -1.78. The Morgan fingerprint density at radius 1 is 1.17 bits per heavy atom. The number of ether oxygens (including phenoxy) is 1. The van der Waals surface area contributed by atoms with Crippen molar-refractivity contribution in [3.8, 4) is 0 Å². The molecule has 0 saturated carbocycles. The summed E-state index contributed by atoms with van der Waals surface area (Å²) in [4.78, 5) is 15.3. The Kier molecular flexibility index (Phi) is 6.54. The van der Waals surface area contributed by atoms with Gasteiger partial charge in [0.2, 0.25) is 15.9 Å². The Balaban J connectivity index is 1.41. The van der Waals surface area contributed by atoms with Crippen molar-refractivity contribution in [2.45, 2.75) is 36.7 Å². The highest BCUT2D eigenvalue weighted by molar-refractivity contribution is 7.89. The van der Waals surface area contributed by atoms with E-state index in [4.69, 9.17) is 4.74 Å². The predicted molar refractivity (Wildman–Crippen MR) is 117 cm³/mol. The van der Waals surface area contributed by atoms with Crippen molar-refractivity contribution < 1.29 is 17.9 Å². The standard InChI is InChI=1S/C21H27N3O4S2/c1-16(24-9-2-3-20(24)17-8-14-29-15-17)21(25)22-18-4-6-19(7-5-18)30(26,27)23-10-12-28-13-11-23/h4-8,14-16,20H,2-3,9-13H2,1H3,(H,22,25)/t16-,20-/m1/s1. The van der Waals surface area contributed by atoms with Gasteiger partial charge < -0.3 is 10.1 Å². The van der Waals surface area contributed by atoms with E-state index >= 15 is 0 Å². The Labute approximate surface area is 181 Å². The van der Waals surface area contributed by atoms with Crippen LogP contribution in [0.5, 0.6) is 0 Å². The van der Waals surface area contributed by atoms with Gasteiger partial charge in [-0.3, -0.25) is 9.69 Å². The molecule has 2 saturated heterocycles. The molecule has 30 heavy (non-hydrogen) atoms. The summed E-state index contributed by atoms with van der Waals surface area (Å²) in [5, 5.41) is 7.16. The fourth-order valence-corrected chi connectivity index (χ4v) is 6.23. The van der Waals surface area contributed by atoms with Crippen LogP contribution >= 0.6 is 11.3 Å². The molecule has 1 aromatic heterocycles. The first-order valence-electron chi connectivity index (χ1n) is 10.2. The topological polar surface area (TPSA) is 79.0 Å². The van der Waals surface area contributed by atoms with Crippen LogP contribution in [0.25, 0.3) is 0 Å². The van der Waals surface area contributed by atoms with E-state index in [1.807, 2.05) is 6.92 Å². The minimum Gasteiger partial charge on any atom is -0.379 e. The van der Waals surface area contributed by atoms with Crippen LogP contribution in [0.2, 0.25) is 0 Å². The Bertz CT molecular complexity index is 955. The summed E-state index contributed by atoms with van der Waals surface area (Å²) in [6, 6.07) is 8.54. The summed E-state index contributed by atoms with van der Waals surface area (Å²) in [6.45, 7) is 4.37. The third kappa shape index (κ3) is 4.45. The summed E-state index contributed by atoms with van der Waals surface area (Å²) in [5.41, 5.74) is 1.87. The lowest BCUT2D eigenvalue weighted by molar-refractivity contribution is -0.121. The van der Waals surface area contributed by atoms with Gasteiger partial charge in [-0.1, -0.05) is 0 Å². The molecule has 1 N–H and O–H groups in total. The molecule has 0 radical (unpaired) electrons. The maximum Gasteiger partial charge on any atom is 0.243 e. The highest BCUT2D eigenvalue weighted by Gasteiger charge is 2.33. The number of nitrogens with one attached hydrogen (secondary N) is 1. The molecule has 0 spiro atoms. The van der Waals surface area contributed by atoms with E-state index in [1.165, 1.54) is 9.87 Å². The molecule has 7 nitrogen and oxygen atoms in total. The largest absolute Gasteiger partial charge is 0.379 e. The summed E-state index contributed by atoms with van der Waals surface area (Å²) in [6.07, 6.45) is 2.13. The minimum atomic E-state index is -3.54. The van der Waals surface area contributed by atoms with Crippen LogP contribution < -0.4 is 5.32 Å². The van der Waals surface area contributed by atoms with Gasteiger partial charge in [0.15, 0.2) is 0 Å². The van der Waals surface area contributed by atoms with Crippen LogP contribution in [0.4, 0.5) is 5.69 Å². The van der Waals surface area contributed by atoms with Crippen LogP contribution in [0.3, 0.4) is 0 Å². The van der Waals surface area contributed by atoms with Crippen molar-refractivity contribution in [1.29, 1.82) is 0 Å². The second-order valence-electron chi connectivity index (χ2n) is 7.66. The van der Waals surface area contributed by atoms with Gasteiger partial charge in [-0.2, -0.15) is 15.6 Å². The summed E-state index contributed by atoms with van der Waals surface area (Å²) < 4.78 is 32.1. The number of rotatable bonds is 6. The summed E-state index contributed by atoms with van der Waals surface area (Å²) >= 11 is 1.68. The average Bonchev–Trinajstić information content (AvgIpc) is 3.46. The molecule has 2 aromatic rings. The van der Waals surface area contributed by atoms with E-state index in [0.29, 0.717) is 32.0 Å². The van der Waals surface area contributed by atoms with Crippen molar-refractivity contribution in [2.75, 3.05) is 38.2 Å². The third-order valence-corrected chi connectivity index (χ3v) is 8.44. The fourth-order valence-electron chi connectivity index (χ4n) is 4.12. The zero-order chi connectivity index (χ0) is 21.1. The van der Waals surface area contributed by atoms with Gasteiger partial charge in [-0.25, -0.2) is 8.42 Å². The third-order valence-electron chi connectivity index (χ3n) is 5.83. The van der Waals surface area contributed by atoms with Crippen LogP contribution in [-0.2, 0) is 19.6 Å². The van der Waals surface area contributed by atoms with Crippen LogP contribution in [-0.4, -0.2) is 62.4 Å². The number of amides is 1. The van der Waals surface area contributed by atoms with Gasteiger partial charge in [-0.05, 0) is 73.0 Å². The van der Waals surface area contributed by atoms with E-state index in [9.17, 15) is 13.2 Å². The van der Waals surface area contributed by atoms with Gasteiger partial charge in [-0.15, -0.1) is 0 Å². The van der Waals surface area contributed by atoms with Crippen molar-refractivity contribution in [1.82, 2.24) is 9.21 Å². The second-order valence-corrected chi connectivity index (χ2v) is 10.4. The first-order chi connectivity index (χ1) is 14.5. The second kappa shape index (κ2) is 9.15. The summed E-state index contributed by atoms with van der Waals surface area (Å²) in [5.74, 6) is -0.0825. The smallest absolute Gasteiger partial charge is 0.243 e. The lowest BCUT2D eigenvalue weighted by atomic mass is 10.1. The van der Waals surface area contributed by atoms with E-state index in [0.717, 1.165) is 19.4 Å². The first kappa shape index (κ1) is 21.5. The lowest BCUT2D eigenvalue weighted by Crippen LogP contribution is -2.41. The number of hydrogen-bond acceptors (Lipinski definition) is 6. The van der Waals surface area contributed by atoms with Gasteiger partial charge in [0, 0.05) is 24.8 Å². The molecule has 3 heterocycles. The van der Waals surface area contributed by atoms with Crippen molar-refractivity contribution in [3.05, 3.63) is 46.7 Å². The van der Waals surface area contributed by atoms with Gasteiger partial charge in [0.1, 0.15) is 0 Å². The van der Waals surface area contributed by atoms with Crippen LogP contribution in [0.1, 0.15) is 31.4 Å². The fraction of sp³-hybridized carbons (Fsp3) is 0.476. The molecular weight excluding hydrogens is 422 g/mol. The number of anilines is 1. The average molecular weight is 450 g/mol. The quantitative estimate of drug-likeness (QED) is 0.734. The maximum atomic E-state index is 12.9. The normalized spacial score (nSPS) is 22.1. The van der Waals surface area contributed by atoms with Crippen molar-refractivity contribution in [3.63, 3.8) is 0 Å². The number of nitrogens with zero attached hydrogens (tertiary/aromatic N) is 2. The zero-order valence-corrected chi connectivity index (χ0v) is 18.6. The molecule has 0 unspecified atom stereocenters. The summed E-state index contributed by atoms with van der Waals surface area (Å²) in [7, 11) is -3.54. The van der Waals surface area contributed by atoms with E-state index in [2.05, 4.69) is 27.0 Å².